The second-order valence-electron chi connectivity index (χ2n) is 4.09. The third-order valence-electron chi connectivity index (χ3n) is 2.65. The van der Waals surface area contributed by atoms with E-state index in [4.69, 9.17) is 9.79 Å². The first-order valence-corrected chi connectivity index (χ1v) is 8.35. The van der Waals surface area contributed by atoms with Crippen LogP contribution in [0.3, 0.4) is 0 Å². The Morgan fingerprint density at radius 1 is 0.850 bits per heavy atom. The molecule has 0 spiro atoms. The summed E-state index contributed by atoms with van der Waals surface area (Å²) in [6.45, 7) is 0. The molecule has 2 aromatic carbocycles. The van der Waals surface area contributed by atoms with Gasteiger partial charge in [0.25, 0.3) is 0 Å². The van der Waals surface area contributed by atoms with Crippen LogP contribution in [0.15, 0.2) is 24.3 Å². The first-order chi connectivity index (χ1) is 9.01. The van der Waals surface area contributed by atoms with Crippen molar-refractivity contribution in [3.8, 4) is 11.5 Å². The number of benzene rings is 2. The van der Waals surface area contributed by atoms with Gasteiger partial charge in [-0.05, 0) is 29.7 Å². The molecule has 2 aromatic rings. The van der Waals surface area contributed by atoms with Gasteiger partial charge in [-0.3, -0.25) is 9.13 Å². The van der Waals surface area contributed by atoms with Crippen LogP contribution in [0.4, 0.5) is 0 Å². The minimum absolute atomic E-state index is 0.0144. The molecule has 0 unspecified atom stereocenters. The molecule has 0 aliphatic carbocycles. The fraction of sp³-hybridized carbons (Fsp3) is 0. The zero-order chi connectivity index (χ0) is 15.3. The van der Waals surface area contributed by atoms with Crippen molar-refractivity contribution >= 4 is 36.6 Å². The van der Waals surface area contributed by atoms with Crippen molar-refractivity contribution in [2.24, 2.45) is 0 Å². The number of phenols is 2. The summed E-state index contributed by atoms with van der Waals surface area (Å²) in [6, 6.07) is 4.23. The van der Waals surface area contributed by atoms with Crippen LogP contribution in [0, 0.1) is 0 Å². The van der Waals surface area contributed by atoms with Gasteiger partial charge in [-0.2, -0.15) is 0 Å². The quantitative estimate of drug-likeness (QED) is 0.417. The predicted molar refractivity (Wildman–Crippen MR) is 70.6 cm³/mol. The fourth-order valence-corrected chi connectivity index (χ4v) is 3.56. The molecule has 0 saturated carbocycles. The molecule has 0 amide bonds. The van der Waals surface area contributed by atoms with Crippen LogP contribution in [0.1, 0.15) is 0 Å². The van der Waals surface area contributed by atoms with Crippen LogP contribution in [0.5, 0.6) is 11.5 Å². The lowest BCUT2D eigenvalue weighted by molar-refractivity contribution is 0.383. The van der Waals surface area contributed by atoms with E-state index in [1.807, 2.05) is 0 Å². The molecular weight excluding hydrogens is 310 g/mol. The van der Waals surface area contributed by atoms with E-state index in [1.165, 1.54) is 0 Å². The second kappa shape index (κ2) is 4.56. The molecule has 0 bridgehead atoms. The van der Waals surface area contributed by atoms with E-state index in [-0.39, 0.29) is 16.5 Å². The first-order valence-electron chi connectivity index (χ1n) is 5.12. The Balaban J connectivity index is 3.04. The third kappa shape index (κ3) is 2.58. The summed E-state index contributed by atoms with van der Waals surface area (Å²) in [5.41, 5.74) is 0. The summed E-state index contributed by atoms with van der Waals surface area (Å²) in [4.78, 5) is 36.8. The fourth-order valence-electron chi connectivity index (χ4n) is 1.87. The Morgan fingerprint density at radius 2 is 1.45 bits per heavy atom. The smallest absolute Gasteiger partial charge is 0.360 e. The molecule has 0 aliphatic rings. The van der Waals surface area contributed by atoms with Crippen LogP contribution in [-0.4, -0.2) is 29.8 Å². The maximum atomic E-state index is 11.5. The largest absolute Gasteiger partial charge is 0.508 e. The van der Waals surface area contributed by atoms with Gasteiger partial charge in [-0.1, -0.05) is 0 Å². The maximum Gasteiger partial charge on any atom is 0.360 e. The Hall–Kier alpha value is -1.40. The Kier molecular flexibility index (Phi) is 3.42. The van der Waals surface area contributed by atoms with E-state index in [0.29, 0.717) is 0 Å². The number of hydrogen-bond acceptors (Lipinski definition) is 4. The van der Waals surface area contributed by atoms with Crippen LogP contribution in [0.2, 0.25) is 0 Å². The molecule has 0 atom stereocenters. The van der Waals surface area contributed by atoms with Gasteiger partial charge in [-0.15, -0.1) is 0 Å². The van der Waals surface area contributed by atoms with Gasteiger partial charge in [0.05, 0.1) is 0 Å². The summed E-state index contributed by atoms with van der Waals surface area (Å²) < 4.78 is 22.7. The normalized spacial score (nSPS) is 12.8. The third-order valence-corrected chi connectivity index (χ3v) is 4.66. The number of fused-ring (bicyclic) bond motifs is 1. The van der Waals surface area contributed by atoms with Crippen molar-refractivity contribution in [1.29, 1.82) is 0 Å². The van der Waals surface area contributed by atoms with Gasteiger partial charge >= 0.3 is 15.2 Å². The Bertz CT molecular complexity index is 787. The van der Waals surface area contributed by atoms with Crippen molar-refractivity contribution in [2.75, 3.05) is 0 Å². The van der Waals surface area contributed by atoms with Gasteiger partial charge in [0, 0.05) is 5.39 Å². The standard InChI is InChI=1S/C10H10O8P2/c11-6-1-2-7-5(3-6)4-8(19(13,14)15)9(12)10(7)20(16,17)18/h1-4,11-12H,(H2,13,14,15)(H2,16,17,18). The van der Waals surface area contributed by atoms with E-state index < -0.39 is 31.6 Å². The number of phenolic OH excluding ortho intramolecular Hbond substituents is 2. The molecule has 20 heavy (non-hydrogen) atoms. The highest BCUT2D eigenvalue weighted by molar-refractivity contribution is 7.62. The summed E-state index contributed by atoms with van der Waals surface area (Å²) >= 11 is 0. The topological polar surface area (TPSA) is 156 Å². The van der Waals surface area contributed by atoms with E-state index in [1.54, 1.807) is 0 Å². The van der Waals surface area contributed by atoms with Crippen molar-refractivity contribution in [2.45, 2.75) is 0 Å². The molecule has 0 saturated heterocycles. The number of rotatable bonds is 2. The molecular formula is C10H10O8P2. The summed E-state index contributed by atoms with van der Waals surface area (Å²) in [5, 5.41) is 17.2. The molecule has 10 heteroatoms. The summed E-state index contributed by atoms with van der Waals surface area (Å²) in [6.07, 6.45) is 0. The number of hydrogen-bond donors (Lipinski definition) is 6. The lowest BCUT2D eigenvalue weighted by Crippen LogP contribution is -2.16. The van der Waals surface area contributed by atoms with Gasteiger partial charge in [-0.25, -0.2) is 0 Å². The molecule has 0 aromatic heterocycles. The molecule has 0 aliphatic heterocycles. The molecule has 0 radical (unpaired) electrons. The van der Waals surface area contributed by atoms with E-state index >= 15 is 0 Å². The van der Waals surface area contributed by atoms with E-state index in [2.05, 4.69) is 0 Å². The van der Waals surface area contributed by atoms with Crippen LogP contribution < -0.4 is 10.6 Å². The molecule has 8 nitrogen and oxygen atoms in total. The van der Waals surface area contributed by atoms with Crippen molar-refractivity contribution in [3.05, 3.63) is 24.3 Å². The van der Waals surface area contributed by atoms with Crippen molar-refractivity contribution in [3.63, 3.8) is 0 Å². The predicted octanol–water partition coefficient (Wildman–Crippen LogP) is -0.143. The lowest BCUT2D eigenvalue weighted by Gasteiger charge is -2.15. The van der Waals surface area contributed by atoms with Crippen molar-refractivity contribution < 1.29 is 38.9 Å². The SMILES string of the molecule is O=P(O)(O)c1cc2cc(O)ccc2c(P(=O)(O)O)c1O. The van der Waals surface area contributed by atoms with Gasteiger partial charge < -0.3 is 29.8 Å². The minimum atomic E-state index is -4.99. The number of aromatic hydroxyl groups is 2. The van der Waals surface area contributed by atoms with E-state index in [9.17, 15) is 29.1 Å². The highest BCUT2D eigenvalue weighted by atomic mass is 31.2. The first kappa shape index (κ1) is 15.0. The highest BCUT2D eigenvalue weighted by Crippen LogP contribution is 2.45. The van der Waals surface area contributed by atoms with Crippen LogP contribution in [-0.2, 0) is 9.13 Å². The maximum absolute atomic E-state index is 11.5. The lowest BCUT2D eigenvalue weighted by atomic mass is 10.1. The molecule has 2 rings (SSSR count). The van der Waals surface area contributed by atoms with Crippen molar-refractivity contribution in [1.82, 2.24) is 0 Å². The average Bonchev–Trinajstić information content (AvgIpc) is 2.25. The zero-order valence-corrected chi connectivity index (χ0v) is 11.5. The average molecular weight is 320 g/mol. The molecule has 0 fully saturated rings. The van der Waals surface area contributed by atoms with Crippen LogP contribution in [0.25, 0.3) is 10.8 Å². The van der Waals surface area contributed by atoms with Gasteiger partial charge in [0.15, 0.2) is 0 Å². The van der Waals surface area contributed by atoms with E-state index in [0.717, 1.165) is 24.3 Å². The van der Waals surface area contributed by atoms with Gasteiger partial charge in [0.2, 0.25) is 0 Å². The summed E-state index contributed by atoms with van der Waals surface area (Å²) in [7, 11) is -9.93. The Morgan fingerprint density at radius 3 is 1.95 bits per heavy atom. The van der Waals surface area contributed by atoms with Crippen LogP contribution >= 0.6 is 15.2 Å². The zero-order valence-electron chi connectivity index (χ0n) is 9.70. The highest BCUT2D eigenvalue weighted by Gasteiger charge is 2.32. The minimum Gasteiger partial charge on any atom is -0.508 e. The molecule has 0 heterocycles. The molecule has 6 N–H and O–H groups in total. The monoisotopic (exact) mass is 320 g/mol. The molecule has 108 valence electrons. The van der Waals surface area contributed by atoms with Gasteiger partial charge in [0.1, 0.15) is 22.1 Å². The second-order valence-corrected chi connectivity index (χ2v) is 7.19. The Labute approximate surface area is 112 Å². The summed E-state index contributed by atoms with van der Waals surface area (Å²) in [5.74, 6) is -1.40.